The number of carbonyl (C=O) groups is 1. The quantitative estimate of drug-likeness (QED) is 0.684. The summed E-state index contributed by atoms with van der Waals surface area (Å²) in [7, 11) is -3.66. The Morgan fingerprint density at radius 1 is 1.03 bits per heavy atom. The smallest absolute Gasteiger partial charge is 0.261 e. The van der Waals surface area contributed by atoms with Crippen molar-refractivity contribution < 1.29 is 17.9 Å². The van der Waals surface area contributed by atoms with Gasteiger partial charge < -0.3 is 10.1 Å². The minimum atomic E-state index is -3.66. The van der Waals surface area contributed by atoms with Gasteiger partial charge in [-0.25, -0.2) is 8.42 Å². The number of rotatable bonds is 7. The van der Waals surface area contributed by atoms with Crippen LogP contribution in [0.2, 0.25) is 0 Å². The lowest BCUT2D eigenvalue weighted by molar-refractivity contribution is -0.0948. The van der Waals surface area contributed by atoms with Crippen molar-refractivity contribution in [3.05, 3.63) is 60.2 Å². The lowest BCUT2D eigenvalue weighted by atomic mass is 10.00. The molecule has 2 N–H and O–H groups in total. The first kappa shape index (κ1) is 23.2. The molecule has 3 rings (SSSR count). The molecule has 168 valence electrons. The predicted octanol–water partition coefficient (Wildman–Crippen LogP) is 3.11. The fourth-order valence-corrected chi connectivity index (χ4v) is 4.77. The molecule has 0 radical (unpaired) electrons. The lowest BCUT2D eigenvalue weighted by Gasteiger charge is -2.45. The molecule has 1 heterocycles. The van der Waals surface area contributed by atoms with Gasteiger partial charge in [-0.05, 0) is 64.1 Å². The molecule has 2 aromatic rings. The van der Waals surface area contributed by atoms with Crippen molar-refractivity contribution in [1.29, 1.82) is 0 Å². The van der Waals surface area contributed by atoms with E-state index in [0.29, 0.717) is 17.8 Å². The SMILES string of the molecule is C[C@@H]1CN(C(C)(C)CNC(=O)c2ccc(NS(=O)(=O)c3ccccc3)cc2)C[C@H](C)O1. The van der Waals surface area contributed by atoms with Crippen LogP contribution < -0.4 is 10.0 Å². The van der Waals surface area contributed by atoms with E-state index >= 15 is 0 Å². The Morgan fingerprint density at radius 3 is 2.19 bits per heavy atom. The summed E-state index contributed by atoms with van der Waals surface area (Å²) in [5.74, 6) is -0.195. The second kappa shape index (κ2) is 9.38. The number of hydrogen-bond acceptors (Lipinski definition) is 5. The molecule has 2 atom stereocenters. The minimum absolute atomic E-state index is 0.158. The largest absolute Gasteiger partial charge is 0.373 e. The standard InChI is InChI=1S/C23H31N3O4S/c1-17-14-26(15-18(2)30-17)23(3,4)16-24-22(27)19-10-12-20(13-11-19)25-31(28,29)21-8-6-5-7-9-21/h5-13,17-18,25H,14-16H2,1-4H3,(H,24,27)/t17-,18+. The number of carbonyl (C=O) groups excluding carboxylic acids is 1. The zero-order valence-corrected chi connectivity index (χ0v) is 19.3. The molecule has 0 saturated carbocycles. The monoisotopic (exact) mass is 445 g/mol. The maximum atomic E-state index is 12.6. The molecule has 0 spiro atoms. The molecule has 31 heavy (non-hydrogen) atoms. The van der Waals surface area contributed by atoms with Gasteiger partial charge in [0.1, 0.15) is 0 Å². The average molecular weight is 446 g/mol. The van der Waals surface area contributed by atoms with E-state index < -0.39 is 10.0 Å². The normalized spacial score (nSPS) is 20.3. The summed E-state index contributed by atoms with van der Waals surface area (Å²) >= 11 is 0. The highest BCUT2D eigenvalue weighted by atomic mass is 32.2. The van der Waals surface area contributed by atoms with Crippen LogP contribution in [0.5, 0.6) is 0 Å². The second-order valence-corrected chi connectivity index (χ2v) is 10.3. The van der Waals surface area contributed by atoms with Crippen LogP contribution >= 0.6 is 0 Å². The summed E-state index contributed by atoms with van der Waals surface area (Å²) in [4.78, 5) is 15.2. The average Bonchev–Trinajstić information content (AvgIpc) is 2.72. The van der Waals surface area contributed by atoms with E-state index in [9.17, 15) is 13.2 Å². The molecular formula is C23H31N3O4S. The molecule has 0 unspecified atom stereocenters. The van der Waals surface area contributed by atoms with Gasteiger partial charge in [-0.15, -0.1) is 0 Å². The molecule has 1 aliphatic rings. The summed E-state index contributed by atoms with van der Waals surface area (Å²) in [6.07, 6.45) is 0.317. The van der Waals surface area contributed by atoms with Crippen LogP contribution in [0.4, 0.5) is 5.69 Å². The van der Waals surface area contributed by atoms with E-state index in [0.717, 1.165) is 13.1 Å². The number of amides is 1. The lowest BCUT2D eigenvalue weighted by Crippen LogP contribution is -2.58. The van der Waals surface area contributed by atoms with Crippen LogP contribution in [0.1, 0.15) is 38.1 Å². The minimum Gasteiger partial charge on any atom is -0.373 e. The topological polar surface area (TPSA) is 87.7 Å². The third-order valence-corrected chi connectivity index (χ3v) is 6.81. The van der Waals surface area contributed by atoms with E-state index in [1.54, 1.807) is 42.5 Å². The Balaban J connectivity index is 1.59. The molecule has 2 aromatic carbocycles. The molecule has 7 nitrogen and oxygen atoms in total. The van der Waals surface area contributed by atoms with Crippen LogP contribution in [0.25, 0.3) is 0 Å². The Hall–Kier alpha value is -2.42. The van der Waals surface area contributed by atoms with Crippen LogP contribution in [0.15, 0.2) is 59.5 Å². The number of ether oxygens (including phenoxy) is 1. The zero-order valence-electron chi connectivity index (χ0n) is 18.5. The van der Waals surface area contributed by atoms with E-state index in [4.69, 9.17) is 4.74 Å². The molecule has 8 heteroatoms. The van der Waals surface area contributed by atoms with Gasteiger partial charge in [-0.2, -0.15) is 0 Å². The summed E-state index contributed by atoms with van der Waals surface area (Å²) in [6.45, 7) is 10.5. The fraction of sp³-hybridized carbons (Fsp3) is 0.435. The van der Waals surface area contributed by atoms with Crippen molar-refractivity contribution in [2.45, 2.75) is 50.3 Å². The Kier molecular flexibility index (Phi) is 7.03. The summed E-state index contributed by atoms with van der Waals surface area (Å²) in [5.41, 5.74) is 0.659. The Labute approximate surface area is 184 Å². The third-order valence-electron chi connectivity index (χ3n) is 5.41. The number of nitrogens with one attached hydrogen (secondary N) is 2. The third kappa shape index (κ3) is 6.06. The van der Waals surface area contributed by atoms with Gasteiger partial charge in [0.25, 0.3) is 15.9 Å². The summed E-state index contributed by atoms with van der Waals surface area (Å²) in [5, 5.41) is 3.00. The number of sulfonamides is 1. The number of hydrogen-bond donors (Lipinski definition) is 2. The molecular weight excluding hydrogens is 414 g/mol. The van der Waals surface area contributed by atoms with Crippen molar-refractivity contribution in [2.75, 3.05) is 24.4 Å². The first-order valence-corrected chi connectivity index (χ1v) is 11.9. The number of benzene rings is 2. The molecule has 0 bridgehead atoms. The van der Waals surface area contributed by atoms with Gasteiger partial charge in [0.2, 0.25) is 0 Å². The second-order valence-electron chi connectivity index (χ2n) is 8.65. The predicted molar refractivity (Wildman–Crippen MR) is 122 cm³/mol. The molecule has 0 aliphatic carbocycles. The van der Waals surface area contributed by atoms with Crippen LogP contribution in [0, 0.1) is 0 Å². The van der Waals surface area contributed by atoms with E-state index in [2.05, 4.69) is 42.6 Å². The summed E-state index contributed by atoms with van der Waals surface area (Å²) in [6, 6.07) is 14.6. The fourth-order valence-electron chi connectivity index (χ4n) is 3.69. The molecule has 1 amide bonds. The van der Waals surface area contributed by atoms with Crippen LogP contribution in [-0.2, 0) is 14.8 Å². The van der Waals surface area contributed by atoms with Gasteiger partial charge in [0.15, 0.2) is 0 Å². The highest BCUT2D eigenvalue weighted by Crippen LogP contribution is 2.21. The molecule has 1 saturated heterocycles. The van der Waals surface area contributed by atoms with Crippen molar-refractivity contribution >= 4 is 21.6 Å². The van der Waals surface area contributed by atoms with Crippen molar-refractivity contribution in [2.24, 2.45) is 0 Å². The zero-order chi connectivity index (χ0) is 22.6. The highest BCUT2D eigenvalue weighted by Gasteiger charge is 2.33. The maximum Gasteiger partial charge on any atom is 0.261 e. The first-order valence-electron chi connectivity index (χ1n) is 10.4. The number of nitrogens with zero attached hydrogens (tertiary/aromatic N) is 1. The van der Waals surface area contributed by atoms with Crippen molar-refractivity contribution in [3.63, 3.8) is 0 Å². The van der Waals surface area contributed by atoms with E-state index in [1.165, 1.54) is 12.1 Å². The van der Waals surface area contributed by atoms with Gasteiger partial charge in [-0.3, -0.25) is 14.4 Å². The summed E-state index contributed by atoms with van der Waals surface area (Å²) < 4.78 is 33.2. The molecule has 0 aromatic heterocycles. The number of anilines is 1. The number of morpholine rings is 1. The Morgan fingerprint density at radius 2 is 1.61 bits per heavy atom. The van der Waals surface area contributed by atoms with Gasteiger partial charge in [0.05, 0.1) is 17.1 Å². The maximum absolute atomic E-state index is 12.6. The van der Waals surface area contributed by atoms with Crippen LogP contribution in [0.3, 0.4) is 0 Å². The van der Waals surface area contributed by atoms with Gasteiger partial charge in [0, 0.05) is 36.4 Å². The van der Waals surface area contributed by atoms with Crippen LogP contribution in [-0.4, -0.2) is 56.6 Å². The first-order chi connectivity index (χ1) is 14.6. The van der Waals surface area contributed by atoms with Gasteiger partial charge in [-0.1, -0.05) is 18.2 Å². The van der Waals surface area contributed by atoms with Crippen molar-refractivity contribution in [1.82, 2.24) is 10.2 Å². The van der Waals surface area contributed by atoms with Gasteiger partial charge >= 0.3 is 0 Å². The Bertz CT molecular complexity index is 981. The molecule has 1 fully saturated rings. The highest BCUT2D eigenvalue weighted by molar-refractivity contribution is 7.92. The van der Waals surface area contributed by atoms with Crippen molar-refractivity contribution in [3.8, 4) is 0 Å². The van der Waals surface area contributed by atoms with E-state index in [-0.39, 0.29) is 28.5 Å². The van der Waals surface area contributed by atoms with E-state index in [1.807, 2.05) is 0 Å². The molecule has 1 aliphatic heterocycles.